The third-order valence-corrected chi connectivity index (χ3v) is 3.95. The maximum absolute atomic E-state index is 12.3. The number of benzene rings is 2. The van der Waals surface area contributed by atoms with Crippen LogP contribution in [0.5, 0.6) is 5.75 Å². The van der Waals surface area contributed by atoms with Gasteiger partial charge in [0.2, 0.25) is 0 Å². The molecule has 1 N–H and O–H groups in total. The van der Waals surface area contributed by atoms with Gasteiger partial charge in [0.05, 0.1) is 30.1 Å². The molecule has 27 heavy (non-hydrogen) atoms. The quantitative estimate of drug-likeness (QED) is 0.434. The van der Waals surface area contributed by atoms with Crippen molar-refractivity contribution in [2.75, 3.05) is 13.7 Å². The fraction of sp³-hybridized carbons (Fsp3) is 0.263. The lowest BCUT2D eigenvalue weighted by molar-refractivity contribution is -0.384. The molecule has 2 rings (SSSR count). The van der Waals surface area contributed by atoms with Crippen LogP contribution in [0.2, 0.25) is 0 Å². The van der Waals surface area contributed by atoms with Crippen molar-refractivity contribution in [2.45, 2.75) is 13.0 Å². The number of nitro groups is 1. The number of hydrogen-bond acceptors (Lipinski definition) is 6. The first-order chi connectivity index (χ1) is 12.9. The molecule has 0 aromatic heterocycles. The lowest BCUT2D eigenvalue weighted by atomic mass is 9.94. The normalized spacial score (nSPS) is 12.5. The van der Waals surface area contributed by atoms with Gasteiger partial charge in [-0.25, -0.2) is 0 Å². The third kappa shape index (κ3) is 5.53. The zero-order valence-corrected chi connectivity index (χ0v) is 15.0. The van der Waals surface area contributed by atoms with Gasteiger partial charge in [-0.3, -0.25) is 19.7 Å². The number of methoxy groups -OCH3 is 1. The number of non-ortho nitro benzene ring substituents is 1. The van der Waals surface area contributed by atoms with Crippen LogP contribution in [0, 0.1) is 16.0 Å². The van der Waals surface area contributed by atoms with Crippen molar-refractivity contribution in [1.29, 1.82) is 0 Å². The standard InChI is InChI=1S/C19H20N2O6/c1-13(19(23)26-2)18(14-7-4-3-5-8-14)20-17(22)12-27-16-10-6-9-15(11-16)21(24)25/h3-11,13,18H,12H2,1-2H3,(H,20,22)/t13-,18-/m0/s1. The molecule has 0 aliphatic carbocycles. The maximum Gasteiger partial charge on any atom is 0.310 e. The van der Waals surface area contributed by atoms with Crippen molar-refractivity contribution in [1.82, 2.24) is 5.32 Å². The van der Waals surface area contributed by atoms with E-state index in [9.17, 15) is 19.7 Å². The van der Waals surface area contributed by atoms with E-state index in [0.29, 0.717) is 0 Å². The van der Waals surface area contributed by atoms with Crippen molar-refractivity contribution >= 4 is 17.6 Å². The van der Waals surface area contributed by atoms with E-state index in [2.05, 4.69) is 5.32 Å². The predicted octanol–water partition coefficient (Wildman–Crippen LogP) is 2.64. The van der Waals surface area contributed by atoms with Crippen LogP contribution in [0.3, 0.4) is 0 Å². The fourth-order valence-corrected chi connectivity index (χ4v) is 2.53. The number of carbonyl (C=O) groups excluding carboxylic acids is 2. The second-order valence-electron chi connectivity index (χ2n) is 5.81. The van der Waals surface area contributed by atoms with E-state index in [4.69, 9.17) is 9.47 Å². The van der Waals surface area contributed by atoms with Gasteiger partial charge in [-0.15, -0.1) is 0 Å². The van der Waals surface area contributed by atoms with Crippen molar-refractivity contribution in [2.24, 2.45) is 5.92 Å². The van der Waals surface area contributed by atoms with Crippen molar-refractivity contribution < 1.29 is 24.0 Å². The van der Waals surface area contributed by atoms with Crippen LogP contribution < -0.4 is 10.1 Å². The molecule has 0 saturated carbocycles. The van der Waals surface area contributed by atoms with E-state index in [0.717, 1.165) is 5.56 Å². The Bertz CT molecular complexity index is 809. The van der Waals surface area contributed by atoms with E-state index in [1.165, 1.54) is 31.4 Å². The summed E-state index contributed by atoms with van der Waals surface area (Å²) in [5, 5.41) is 13.5. The summed E-state index contributed by atoms with van der Waals surface area (Å²) in [6.45, 7) is 1.31. The summed E-state index contributed by atoms with van der Waals surface area (Å²) >= 11 is 0. The number of nitrogens with zero attached hydrogens (tertiary/aromatic N) is 1. The van der Waals surface area contributed by atoms with Crippen LogP contribution in [0.1, 0.15) is 18.5 Å². The summed E-state index contributed by atoms with van der Waals surface area (Å²) in [7, 11) is 1.29. The third-order valence-electron chi connectivity index (χ3n) is 3.95. The summed E-state index contributed by atoms with van der Waals surface area (Å²) < 4.78 is 10.1. The van der Waals surface area contributed by atoms with Gasteiger partial charge in [-0.2, -0.15) is 0 Å². The number of esters is 1. The average molecular weight is 372 g/mol. The Balaban J connectivity index is 2.06. The second-order valence-corrected chi connectivity index (χ2v) is 5.81. The van der Waals surface area contributed by atoms with Crippen LogP contribution in [-0.2, 0) is 14.3 Å². The van der Waals surface area contributed by atoms with Gasteiger partial charge in [0.15, 0.2) is 6.61 Å². The van der Waals surface area contributed by atoms with Gasteiger partial charge in [-0.1, -0.05) is 36.4 Å². The Kier molecular flexibility index (Phi) is 6.87. The monoisotopic (exact) mass is 372 g/mol. The molecule has 0 unspecified atom stereocenters. The lowest BCUT2D eigenvalue weighted by Gasteiger charge is -2.24. The number of carbonyl (C=O) groups is 2. The molecule has 0 radical (unpaired) electrons. The van der Waals surface area contributed by atoms with Crippen LogP contribution in [0.4, 0.5) is 5.69 Å². The summed E-state index contributed by atoms with van der Waals surface area (Å²) in [5.74, 6) is -1.33. The van der Waals surface area contributed by atoms with E-state index in [1.807, 2.05) is 6.07 Å². The number of nitrogens with one attached hydrogen (secondary N) is 1. The molecule has 0 heterocycles. The molecule has 2 aromatic carbocycles. The number of ether oxygens (including phenoxy) is 2. The van der Waals surface area contributed by atoms with E-state index in [-0.39, 0.29) is 18.0 Å². The molecule has 142 valence electrons. The SMILES string of the molecule is COC(=O)[C@@H](C)[C@H](NC(=O)COc1cccc([N+](=O)[O-])c1)c1ccccc1. The molecule has 0 spiro atoms. The zero-order chi connectivity index (χ0) is 19.8. The van der Waals surface area contributed by atoms with Gasteiger partial charge >= 0.3 is 5.97 Å². The van der Waals surface area contributed by atoms with Gasteiger partial charge in [0.1, 0.15) is 5.75 Å². The first kappa shape index (κ1) is 19.9. The summed E-state index contributed by atoms with van der Waals surface area (Å²) in [6.07, 6.45) is 0. The highest BCUT2D eigenvalue weighted by atomic mass is 16.6. The first-order valence-corrected chi connectivity index (χ1v) is 8.21. The van der Waals surface area contributed by atoms with E-state index >= 15 is 0 Å². The Labute approximate surface area is 156 Å². The second kappa shape index (κ2) is 9.33. The largest absolute Gasteiger partial charge is 0.484 e. The van der Waals surface area contributed by atoms with Crippen molar-refractivity contribution in [3.63, 3.8) is 0 Å². The summed E-state index contributed by atoms with van der Waals surface area (Å²) in [5.41, 5.74) is 0.619. The molecule has 0 fully saturated rings. The number of rotatable bonds is 8. The molecule has 8 nitrogen and oxygen atoms in total. The highest BCUT2D eigenvalue weighted by Crippen LogP contribution is 2.23. The number of amides is 1. The lowest BCUT2D eigenvalue weighted by Crippen LogP contribution is -2.38. The van der Waals surface area contributed by atoms with Crippen LogP contribution >= 0.6 is 0 Å². The Morgan fingerprint density at radius 3 is 2.48 bits per heavy atom. The molecule has 2 atom stereocenters. The van der Waals surface area contributed by atoms with Gasteiger partial charge < -0.3 is 14.8 Å². The highest BCUT2D eigenvalue weighted by molar-refractivity contribution is 5.80. The molecule has 0 aliphatic rings. The zero-order valence-electron chi connectivity index (χ0n) is 15.0. The molecule has 0 saturated heterocycles. The van der Waals surface area contributed by atoms with E-state index < -0.39 is 28.8 Å². The molecular weight excluding hydrogens is 352 g/mol. The Morgan fingerprint density at radius 1 is 1.15 bits per heavy atom. The first-order valence-electron chi connectivity index (χ1n) is 8.21. The molecule has 1 amide bonds. The molecule has 0 bridgehead atoms. The average Bonchev–Trinajstić information content (AvgIpc) is 2.70. The molecule has 8 heteroatoms. The molecular formula is C19H20N2O6. The minimum Gasteiger partial charge on any atom is -0.484 e. The number of nitro benzene ring substituents is 1. The van der Waals surface area contributed by atoms with Crippen molar-refractivity contribution in [3.05, 3.63) is 70.3 Å². The maximum atomic E-state index is 12.3. The van der Waals surface area contributed by atoms with Gasteiger partial charge in [-0.05, 0) is 18.6 Å². The topological polar surface area (TPSA) is 108 Å². The van der Waals surface area contributed by atoms with Crippen LogP contribution in [-0.4, -0.2) is 30.5 Å². The summed E-state index contributed by atoms with van der Waals surface area (Å²) in [6, 6.07) is 14.0. The van der Waals surface area contributed by atoms with Crippen molar-refractivity contribution in [3.8, 4) is 5.75 Å². The van der Waals surface area contributed by atoms with Gasteiger partial charge in [0.25, 0.3) is 11.6 Å². The minimum absolute atomic E-state index is 0.130. The Hall–Kier alpha value is -3.42. The molecule has 0 aliphatic heterocycles. The van der Waals surface area contributed by atoms with Crippen LogP contribution in [0.15, 0.2) is 54.6 Å². The highest BCUT2D eigenvalue weighted by Gasteiger charge is 2.27. The Morgan fingerprint density at radius 2 is 1.85 bits per heavy atom. The number of hydrogen-bond donors (Lipinski definition) is 1. The van der Waals surface area contributed by atoms with E-state index in [1.54, 1.807) is 31.2 Å². The fourth-order valence-electron chi connectivity index (χ4n) is 2.53. The molecule has 2 aromatic rings. The summed E-state index contributed by atoms with van der Waals surface area (Å²) in [4.78, 5) is 34.5. The minimum atomic E-state index is -0.612. The predicted molar refractivity (Wildman–Crippen MR) is 97.1 cm³/mol. The smallest absolute Gasteiger partial charge is 0.310 e. The van der Waals surface area contributed by atoms with Gasteiger partial charge in [0, 0.05) is 6.07 Å². The van der Waals surface area contributed by atoms with Crippen LogP contribution in [0.25, 0.3) is 0 Å².